The van der Waals surface area contributed by atoms with Crippen LogP contribution in [0.25, 0.3) is 0 Å². The van der Waals surface area contributed by atoms with Crippen molar-refractivity contribution in [2.75, 3.05) is 16.8 Å². The van der Waals surface area contributed by atoms with E-state index in [0.29, 0.717) is 18.4 Å². The van der Waals surface area contributed by atoms with Gasteiger partial charge < -0.3 is 14.6 Å². The Labute approximate surface area is 146 Å². The molecule has 9 nitrogen and oxygen atoms in total. The zero-order valence-corrected chi connectivity index (χ0v) is 14.9. The van der Waals surface area contributed by atoms with E-state index in [2.05, 4.69) is 39.3 Å². The van der Waals surface area contributed by atoms with Crippen molar-refractivity contribution in [3.8, 4) is 0 Å². The molecule has 3 rings (SSSR count). The Kier molecular flexibility index (Phi) is 4.82. The molecule has 0 spiro atoms. The average Bonchev–Trinajstić information content (AvgIpc) is 3.21. The largest absolute Gasteiger partial charge is 0.447 e. The van der Waals surface area contributed by atoms with E-state index >= 15 is 0 Å². The van der Waals surface area contributed by atoms with E-state index in [0.717, 1.165) is 12.4 Å². The highest BCUT2D eigenvalue weighted by atomic mass is 16.6. The molecule has 9 heteroatoms. The number of ether oxygens (including phenoxy) is 1. The summed E-state index contributed by atoms with van der Waals surface area (Å²) in [5.41, 5.74) is 0. The maximum absolute atomic E-state index is 12.1. The van der Waals surface area contributed by atoms with Crippen molar-refractivity contribution in [3.63, 3.8) is 0 Å². The van der Waals surface area contributed by atoms with Gasteiger partial charge in [-0.05, 0) is 25.8 Å². The highest BCUT2D eigenvalue weighted by molar-refractivity contribution is 5.89. The van der Waals surface area contributed by atoms with Gasteiger partial charge in [0.15, 0.2) is 5.82 Å². The zero-order valence-electron chi connectivity index (χ0n) is 14.9. The molecule has 3 heterocycles. The summed E-state index contributed by atoms with van der Waals surface area (Å²) in [6.45, 7) is 9.26. The molecule has 1 amide bonds. The third kappa shape index (κ3) is 3.40. The number of amides is 1. The molecule has 1 saturated heterocycles. The van der Waals surface area contributed by atoms with Gasteiger partial charge in [0.1, 0.15) is 18.8 Å². The first-order chi connectivity index (χ1) is 12.0. The molecule has 0 radical (unpaired) electrons. The molecule has 2 aromatic heterocycles. The highest BCUT2D eigenvalue weighted by Crippen LogP contribution is 2.26. The lowest BCUT2D eigenvalue weighted by Gasteiger charge is -2.23. The molecule has 0 unspecified atom stereocenters. The SMILES string of the molecule is CCn1cnnc1[C@@H](C)Nc1nccc(N2C(=O)OC[C@@H]2C(C)C)n1. The van der Waals surface area contributed by atoms with Crippen molar-refractivity contribution in [3.05, 3.63) is 24.4 Å². The van der Waals surface area contributed by atoms with Crippen LogP contribution in [0.4, 0.5) is 16.6 Å². The first-order valence-electron chi connectivity index (χ1n) is 8.44. The molecular weight excluding hydrogens is 322 g/mol. The Morgan fingerprint density at radius 1 is 1.40 bits per heavy atom. The van der Waals surface area contributed by atoms with E-state index in [1.165, 1.54) is 0 Å². The standard InChI is InChI=1S/C16H23N7O2/c1-5-22-9-18-21-14(22)11(4)19-15-17-7-6-13(20-15)23-12(10(2)3)8-25-16(23)24/h6-7,9-12H,5,8H2,1-4H3,(H,17,19,20)/t11-,12-/m1/s1. The normalized spacial score (nSPS) is 18.5. The molecule has 0 aliphatic carbocycles. The molecule has 1 aliphatic heterocycles. The summed E-state index contributed by atoms with van der Waals surface area (Å²) in [5, 5.41) is 11.3. The van der Waals surface area contributed by atoms with Gasteiger partial charge >= 0.3 is 6.09 Å². The minimum absolute atomic E-state index is 0.0316. The third-order valence-electron chi connectivity index (χ3n) is 4.28. The predicted octanol–water partition coefficient (Wildman–Crippen LogP) is 2.24. The van der Waals surface area contributed by atoms with Crippen molar-refractivity contribution in [2.24, 2.45) is 5.92 Å². The van der Waals surface area contributed by atoms with Gasteiger partial charge in [-0.2, -0.15) is 4.98 Å². The summed E-state index contributed by atoms with van der Waals surface area (Å²) in [7, 11) is 0. The molecule has 0 bridgehead atoms. The first-order valence-corrected chi connectivity index (χ1v) is 8.44. The molecular formula is C16H23N7O2. The van der Waals surface area contributed by atoms with Crippen LogP contribution in [-0.4, -0.2) is 43.5 Å². The number of nitrogens with zero attached hydrogens (tertiary/aromatic N) is 6. The minimum Gasteiger partial charge on any atom is -0.447 e. The number of carbonyl (C=O) groups excluding carboxylic acids is 1. The van der Waals surface area contributed by atoms with Crippen molar-refractivity contribution < 1.29 is 9.53 Å². The Balaban J connectivity index is 1.81. The van der Waals surface area contributed by atoms with Crippen LogP contribution in [0.2, 0.25) is 0 Å². The van der Waals surface area contributed by atoms with E-state index in [1.54, 1.807) is 23.5 Å². The molecule has 1 fully saturated rings. The highest BCUT2D eigenvalue weighted by Gasteiger charge is 2.37. The van der Waals surface area contributed by atoms with Gasteiger partial charge in [-0.3, -0.25) is 4.90 Å². The van der Waals surface area contributed by atoms with Crippen molar-refractivity contribution in [1.82, 2.24) is 24.7 Å². The number of aromatic nitrogens is 5. The van der Waals surface area contributed by atoms with Crippen molar-refractivity contribution in [1.29, 1.82) is 0 Å². The third-order valence-corrected chi connectivity index (χ3v) is 4.28. The molecule has 0 saturated carbocycles. The molecule has 1 aliphatic rings. The monoisotopic (exact) mass is 345 g/mol. The van der Waals surface area contributed by atoms with Gasteiger partial charge in [-0.1, -0.05) is 13.8 Å². The van der Waals surface area contributed by atoms with Gasteiger partial charge in [-0.25, -0.2) is 9.78 Å². The molecule has 2 atom stereocenters. The van der Waals surface area contributed by atoms with Gasteiger partial charge in [0.2, 0.25) is 5.95 Å². The number of carbonyl (C=O) groups is 1. The number of anilines is 2. The maximum atomic E-state index is 12.1. The van der Waals surface area contributed by atoms with Gasteiger partial charge in [-0.15, -0.1) is 10.2 Å². The Morgan fingerprint density at radius 2 is 2.20 bits per heavy atom. The van der Waals surface area contributed by atoms with E-state index < -0.39 is 0 Å². The van der Waals surface area contributed by atoms with Crippen molar-refractivity contribution >= 4 is 17.9 Å². The predicted molar refractivity (Wildman–Crippen MR) is 92.2 cm³/mol. The Hall–Kier alpha value is -2.71. The zero-order chi connectivity index (χ0) is 18.0. The van der Waals surface area contributed by atoms with E-state index in [4.69, 9.17) is 4.74 Å². The lowest BCUT2D eigenvalue weighted by atomic mass is 10.0. The van der Waals surface area contributed by atoms with Crippen LogP contribution < -0.4 is 10.2 Å². The number of hydrogen-bond acceptors (Lipinski definition) is 7. The maximum Gasteiger partial charge on any atom is 0.415 e. The fraction of sp³-hybridized carbons (Fsp3) is 0.562. The summed E-state index contributed by atoms with van der Waals surface area (Å²) in [6, 6.07) is 1.56. The van der Waals surface area contributed by atoms with Crippen LogP contribution in [0.1, 0.15) is 39.6 Å². The molecule has 134 valence electrons. The summed E-state index contributed by atoms with van der Waals surface area (Å²) in [5.74, 6) is 2.03. The van der Waals surface area contributed by atoms with E-state index in [1.807, 2.05) is 18.4 Å². The lowest BCUT2D eigenvalue weighted by Crippen LogP contribution is -2.37. The Morgan fingerprint density at radius 3 is 2.92 bits per heavy atom. The van der Waals surface area contributed by atoms with Crippen LogP contribution in [0.3, 0.4) is 0 Å². The molecule has 25 heavy (non-hydrogen) atoms. The number of nitrogens with one attached hydrogen (secondary N) is 1. The number of hydrogen-bond donors (Lipinski definition) is 1. The second-order valence-electron chi connectivity index (χ2n) is 6.34. The average molecular weight is 345 g/mol. The second-order valence-corrected chi connectivity index (χ2v) is 6.34. The van der Waals surface area contributed by atoms with E-state index in [-0.39, 0.29) is 24.1 Å². The summed E-state index contributed by atoms with van der Waals surface area (Å²) in [6.07, 6.45) is 2.95. The van der Waals surface area contributed by atoms with Crippen LogP contribution in [0.15, 0.2) is 18.6 Å². The van der Waals surface area contributed by atoms with Crippen LogP contribution >= 0.6 is 0 Å². The number of rotatable bonds is 6. The van der Waals surface area contributed by atoms with Crippen molar-refractivity contribution in [2.45, 2.75) is 46.3 Å². The lowest BCUT2D eigenvalue weighted by molar-refractivity contribution is 0.177. The summed E-state index contributed by atoms with van der Waals surface area (Å²) < 4.78 is 7.14. The van der Waals surface area contributed by atoms with Crippen LogP contribution in [-0.2, 0) is 11.3 Å². The molecule has 0 aromatic carbocycles. The van der Waals surface area contributed by atoms with E-state index in [9.17, 15) is 4.79 Å². The topological polar surface area (TPSA) is 98.1 Å². The second kappa shape index (κ2) is 7.04. The van der Waals surface area contributed by atoms with Gasteiger partial charge in [0.05, 0.1) is 12.1 Å². The van der Waals surface area contributed by atoms with Crippen LogP contribution in [0, 0.1) is 5.92 Å². The number of cyclic esters (lactones) is 1. The van der Waals surface area contributed by atoms with Gasteiger partial charge in [0, 0.05) is 12.7 Å². The summed E-state index contributed by atoms with van der Waals surface area (Å²) >= 11 is 0. The minimum atomic E-state index is -0.373. The molecule has 1 N–H and O–H groups in total. The summed E-state index contributed by atoms with van der Waals surface area (Å²) in [4.78, 5) is 22.4. The fourth-order valence-electron chi connectivity index (χ4n) is 2.84. The van der Waals surface area contributed by atoms with Gasteiger partial charge in [0.25, 0.3) is 0 Å². The van der Waals surface area contributed by atoms with Crippen LogP contribution in [0.5, 0.6) is 0 Å². The smallest absolute Gasteiger partial charge is 0.415 e. The Bertz CT molecular complexity index is 746. The molecule has 2 aromatic rings. The number of aryl methyl sites for hydroxylation is 1. The quantitative estimate of drug-likeness (QED) is 0.857. The first kappa shape index (κ1) is 17.1. The fourth-order valence-corrected chi connectivity index (χ4v) is 2.84.